The second kappa shape index (κ2) is 7.79. The van der Waals surface area contributed by atoms with Crippen LogP contribution in [0.1, 0.15) is 54.4 Å². The Labute approximate surface area is 139 Å². The number of imide groups is 1. The molecule has 0 spiro atoms. The van der Waals surface area contributed by atoms with Crippen LogP contribution in [0.2, 0.25) is 0 Å². The lowest BCUT2D eigenvalue weighted by atomic mass is 9.96. The summed E-state index contributed by atoms with van der Waals surface area (Å²) in [4.78, 5) is 40.0. The minimum Gasteiger partial charge on any atom is -0.341 e. The normalized spacial score (nSPS) is 21.3. The number of nitrogens with one attached hydrogen (secondary N) is 1. The summed E-state index contributed by atoms with van der Waals surface area (Å²) in [7, 11) is 0. The van der Waals surface area contributed by atoms with Crippen molar-refractivity contribution in [1.29, 1.82) is 0 Å². The van der Waals surface area contributed by atoms with Crippen LogP contribution < -0.4 is 5.32 Å². The zero-order valence-electron chi connectivity index (χ0n) is 15.3. The third-order valence-corrected chi connectivity index (χ3v) is 3.91. The van der Waals surface area contributed by atoms with Crippen LogP contribution in [-0.2, 0) is 9.59 Å². The van der Waals surface area contributed by atoms with E-state index in [1.54, 1.807) is 11.8 Å². The summed E-state index contributed by atoms with van der Waals surface area (Å²) in [6.45, 7) is 13.0. The van der Waals surface area contributed by atoms with Gasteiger partial charge in [0.15, 0.2) is 0 Å². The number of hydrogen-bond acceptors (Lipinski definition) is 3. The monoisotopic (exact) mass is 325 g/mol. The van der Waals surface area contributed by atoms with Gasteiger partial charge in [-0.2, -0.15) is 0 Å². The Bertz CT molecular complexity index is 452. The molecule has 1 atom stereocenters. The molecule has 1 heterocycles. The number of amides is 4. The van der Waals surface area contributed by atoms with Gasteiger partial charge in [0.05, 0.1) is 0 Å². The highest BCUT2D eigenvalue weighted by molar-refractivity contribution is 6.08. The molecule has 0 aromatic rings. The average Bonchev–Trinajstić information content (AvgIpc) is 2.61. The summed E-state index contributed by atoms with van der Waals surface area (Å²) in [5, 5.41) is 2.72. The van der Waals surface area contributed by atoms with Crippen molar-refractivity contribution in [1.82, 2.24) is 15.1 Å². The van der Waals surface area contributed by atoms with Gasteiger partial charge in [-0.25, -0.2) is 4.79 Å². The maximum atomic E-state index is 12.6. The number of nitrogens with zero attached hydrogens (tertiary/aromatic N) is 2. The molecule has 4 amide bonds. The number of rotatable bonds is 8. The Balaban J connectivity index is 2.81. The molecule has 0 aromatic carbocycles. The summed E-state index contributed by atoms with van der Waals surface area (Å²) >= 11 is 0. The summed E-state index contributed by atoms with van der Waals surface area (Å²) in [5.41, 5.74) is -0.882. The molecule has 0 aromatic heterocycles. The zero-order valence-corrected chi connectivity index (χ0v) is 15.3. The van der Waals surface area contributed by atoms with E-state index in [9.17, 15) is 14.4 Å². The van der Waals surface area contributed by atoms with Crippen LogP contribution in [-0.4, -0.2) is 52.8 Å². The van der Waals surface area contributed by atoms with Crippen molar-refractivity contribution in [3.8, 4) is 0 Å². The summed E-state index contributed by atoms with van der Waals surface area (Å²) in [5.74, 6) is 0.209. The SMILES string of the molecule is CCCC1(C)NC(=O)N(CC(=O)N(CC(C)C)CC(C)C)C1=O. The molecule has 1 aliphatic heterocycles. The van der Waals surface area contributed by atoms with Crippen LogP contribution in [0.3, 0.4) is 0 Å². The van der Waals surface area contributed by atoms with E-state index in [1.165, 1.54) is 0 Å². The second-order valence-corrected chi connectivity index (χ2v) is 7.49. The van der Waals surface area contributed by atoms with Crippen molar-refractivity contribution >= 4 is 17.8 Å². The van der Waals surface area contributed by atoms with Gasteiger partial charge in [0.25, 0.3) is 5.91 Å². The van der Waals surface area contributed by atoms with Gasteiger partial charge in [0.2, 0.25) is 5.91 Å². The highest BCUT2D eigenvalue weighted by Crippen LogP contribution is 2.22. The van der Waals surface area contributed by atoms with Gasteiger partial charge in [-0.15, -0.1) is 0 Å². The lowest BCUT2D eigenvalue weighted by Gasteiger charge is -2.28. The first-order valence-electron chi connectivity index (χ1n) is 8.52. The quantitative estimate of drug-likeness (QED) is 0.696. The highest BCUT2D eigenvalue weighted by atomic mass is 16.2. The van der Waals surface area contributed by atoms with Crippen molar-refractivity contribution in [3.05, 3.63) is 0 Å². The fourth-order valence-electron chi connectivity index (χ4n) is 2.96. The number of urea groups is 1. The fraction of sp³-hybridized carbons (Fsp3) is 0.824. The van der Waals surface area contributed by atoms with Crippen LogP contribution in [0.15, 0.2) is 0 Å². The molecule has 6 nitrogen and oxygen atoms in total. The van der Waals surface area contributed by atoms with E-state index in [1.807, 2.05) is 34.6 Å². The summed E-state index contributed by atoms with van der Waals surface area (Å²) < 4.78 is 0. The van der Waals surface area contributed by atoms with Crippen molar-refractivity contribution in [3.63, 3.8) is 0 Å². The Hall–Kier alpha value is -1.59. The van der Waals surface area contributed by atoms with Gasteiger partial charge in [-0.05, 0) is 25.2 Å². The Morgan fingerprint density at radius 1 is 1.17 bits per heavy atom. The van der Waals surface area contributed by atoms with Gasteiger partial charge in [-0.3, -0.25) is 14.5 Å². The third kappa shape index (κ3) is 4.94. The standard InChI is InChI=1S/C17H31N3O3/c1-7-8-17(6)15(22)20(16(23)18-17)11-14(21)19(9-12(2)3)10-13(4)5/h12-13H,7-11H2,1-6H3,(H,18,23). The molecule has 0 radical (unpaired) electrons. The lowest BCUT2D eigenvalue weighted by molar-refractivity contribution is -0.139. The largest absolute Gasteiger partial charge is 0.341 e. The first-order chi connectivity index (χ1) is 10.6. The zero-order chi connectivity index (χ0) is 17.8. The summed E-state index contributed by atoms with van der Waals surface area (Å²) in [6, 6.07) is -0.464. The molecule has 6 heteroatoms. The molecule has 132 valence electrons. The van der Waals surface area contributed by atoms with Crippen molar-refractivity contribution < 1.29 is 14.4 Å². The van der Waals surface area contributed by atoms with Gasteiger partial charge in [0, 0.05) is 13.1 Å². The fourth-order valence-corrected chi connectivity index (χ4v) is 2.96. The highest BCUT2D eigenvalue weighted by Gasteiger charge is 2.47. The average molecular weight is 325 g/mol. The molecule has 23 heavy (non-hydrogen) atoms. The van der Waals surface area contributed by atoms with Crippen LogP contribution >= 0.6 is 0 Å². The first-order valence-corrected chi connectivity index (χ1v) is 8.52. The van der Waals surface area contributed by atoms with E-state index in [0.29, 0.717) is 31.3 Å². The third-order valence-electron chi connectivity index (χ3n) is 3.91. The van der Waals surface area contributed by atoms with E-state index < -0.39 is 11.6 Å². The lowest BCUT2D eigenvalue weighted by Crippen LogP contribution is -2.47. The van der Waals surface area contributed by atoms with E-state index in [-0.39, 0.29) is 18.4 Å². The van der Waals surface area contributed by atoms with E-state index in [0.717, 1.165) is 11.3 Å². The summed E-state index contributed by atoms with van der Waals surface area (Å²) in [6.07, 6.45) is 1.36. The predicted octanol–water partition coefficient (Wildman–Crippen LogP) is 2.24. The second-order valence-electron chi connectivity index (χ2n) is 7.49. The molecule has 1 N–H and O–H groups in total. The number of hydrogen-bond donors (Lipinski definition) is 1. The maximum Gasteiger partial charge on any atom is 0.325 e. The molecule has 1 saturated heterocycles. The van der Waals surface area contributed by atoms with Gasteiger partial charge >= 0.3 is 6.03 Å². The van der Waals surface area contributed by atoms with E-state index in [4.69, 9.17) is 0 Å². The number of carbonyl (C=O) groups is 3. The molecule has 1 aliphatic rings. The molecule has 1 unspecified atom stereocenters. The van der Waals surface area contributed by atoms with E-state index in [2.05, 4.69) is 5.32 Å². The first kappa shape index (κ1) is 19.5. The minimum absolute atomic E-state index is 0.170. The van der Waals surface area contributed by atoms with Gasteiger partial charge in [0.1, 0.15) is 12.1 Å². The molecule has 0 aliphatic carbocycles. The minimum atomic E-state index is -0.882. The van der Waals surface area contributed by atoms with Crippen LogP contribution in [0.25, 0.3) is 0 Å². The van der Waals surface area contributed by atoms with Crippen molar-refractivity contribution in [2.24, 2.45) is 11.8 Å². The number of carbonyl (C=O) groups excluding carboxylic acids is 3. The molecule has 1 rings (SSSR count). The van der Waals surface area contributed by atoms with Gasteiger partial charge < -0.3 is 10.2 Å². The Morgan fingerprint density at radius 3 is 2.13 bits per heavy atom. The molecular weight excluding hydrogens is 294 g/mol. The molecular formula is C17H31N3O3. The van der Waals surface area contributed by atoms with Crippen LogP contribution in [0.4, 0.5) is 4.79 Å². The molecule has 0 saturated carbocycles. The Kier molecular flexibility index (Phi) is 6.59. The smallest absolute Gasteiger partial charge is 0.325 e. The van der Waals surface area contributed by atoms with Crippen molar-refractivity contribution in [2.45, 2.75) is 59.9 Å². The molecule has 0 bridgehead atoms. The maximum absolute atomic E-state index is 12.6. The Morgan fingerprint density at radius 2 is 1.70 bits per heavy atom. The predicted molar refractivity (Wildman–Crippen MR) is 89.8 cm³/mol. The molecule has 1 fully saturated rings. The van der Waals surface area contributed by atoms with E-state index >= 15 is 0 Å². The topological polar surface area (TPSA) is 69.7 Å². The van der Waals surface area contributed by atoms with Crippen molar-refractivity contribution in [2.75, 3.05) is 19.6 Å². The van der Waals surface area contributed by atoms with Gasteiger partial charge in [-0.1, -0.05) is 41.0 Å². The van der Waals surface area contributed by atoms with Crippen LogP contribution in [0.5, 0.6) is 0 Å². The van der Waals surface area contributed by atoms with Crippen LogP contribution in [0, 0.1) is 11.8 Å².